The van der Waals surface area contributed by atoms with E-state index in [1.165, 1.54) is 0 Å². The van der Waals surface area contributed by atoms with Crippen LogP contribution in [0.4, 0.5) is 0 Å². The molecular formula is C13H22N2O3S. The Bertz CT molecular complexity index is 501. The van der Waals surface area contributed by atoms with Gasteiger partial charge in [0.2, 0.25) is 10.0 Å². The lowest BCUT2D eigenvalue weighted by Gasteiger charge is -2.09. The molecule has 19 heavy (non-hydrogen) atoms. The Balaban J connectivity index is 2.67. The van der Waals surface area contributed by atoms with Gasteiger partial charge in [0, 0.05) is 26.8 Å². The summed E-state index contributed by atoms with van der Waals surface area (Å²) in [6, 6.07) is 5.01. The highest BCUT2D eigenvalue weighted by atomic mass is 32.2. The Morgan fingerprint density at radius 2 is 2.05 bits per heavy atom. The van der Waals surface area contributed by atoms with E-state index in [1.807, 2.05) is 6.92 Å². The van der Waals surface area contributed by atoms with Gasteiger partial charge in [0.05, 0.1) is 4.90 Å². The highest BCUT2D eigenvalue weighted by Gasteiger charge is 2.14. The first-order chi connectivity index (χ1) is 9.01. The number of sulfonamides is 1. The van der Waals surface area contributed by atoms with E-state index in [4.69, 9.17) is 10.5 Å². The molecule has 0 aliphatic carbocycles. The molecule has 0 aliphatic heterocycles. The predicted molar refractivity (Wildman–Crippen MR) is 75.4 cm³/mol. The Labute approximate surface area is 115 Å². The van der Waals surface area contributed by atoms with E-state index in [9.17, 15) is 8.42 Å². The van der Waals surface area contributed by atoms with Gasteiger partial charge in [-0.2, -0.15) is 0 Å². The second-order valence-corrected chi connectivity index (χ2v) is 6.16. The van der Waals surface area contributed by atoms with Gasteiger partial charge in [-0.15, -0.1) is 0 Å². The molecule has 0 amide bonds. The second-order valence-electron chi connectivity index (χ2n) is 4.39. The zero-order valence-corrected chi connectivity index (χ0v) is 12.3. The molecule has 0 atom stereocenters. The van der Waals surface area contributed by atoms with Crippen molar-refractivity contribution in [2.45, 2.75) is 31.2 Å². The number of nitrogens with one attached hydrogen (secondary N) is 1. The highest BCUT2D eigenvalue weighted by Crippen LogP contribution is 2.15. The molecule has 0 bridgehead atoms. The van der Waals surface area contributed by atoms with E-state index < -0.39 is 10.0 Å². The van der Waals surface area contributed by atoms with Crippen molar-refractivity contribution in [3.05, 3.63) is 29.3 Å². The van der Waals surface area contributed by atoms with Gasteiger partial charge in [-0.05, 0) is 43.0 Å². The Morgan fingerprint density at radius 1 is 1.32 bits per heavy atom. The van der Waals surface area contributed by atoms with E-state index in [1.54, 1.807) is 25.3 Å². The first kappa shape index (κ1) is 16.1. The minimum atomic E-state index is -3.44. The van der Waals surface area contributed by atoms with Gasteiger partial charge < -0.3 is 10.5 Å². The van der Waals surface area contributed by atoms with Crippen molar-refractivity contribution < 1.29 is 13.2 Å². The summed E-state index contributed by atoms with van der Waals surface area (Å²) < 4.78 is 31.6. The van der Waals surface area contributed by atoms with E-state index in [0.29, 0.717) is 19.7 Å². The number of aryl methyl sites for hydroxylation is 1. The second kappa shape index (κ2) is 7.59. The molecule has 0 saturated carbocycles. The smallest absolute Gasteiger partial charge is 0.240 e. The molecule has 0 fully saturated rings. The first-order valence-corrected chi connectivity index (χ1v) is 7.78. The largest absolute Gasteiger partial charge is 0.385 e. The molecule has 3 N–H and O–H groups in total. The quantitative estimate of drug-likeness (QED) is 0.703. The molecule has 0 saturated heterocycles. The minimum absolute atomic E-state index is 0.269. The maximum absolute atomic E-state index is 12.1. The van der Waals surface area contributed by atoms with Gasteiger partial charge in [0.25, 0.3) is 0 Å². The molecule has 0 aliphatic rings. The standard InChI is InChI=1S/C13H22N2O3S/c1-11-5-6-13(9-12(11)10-14)19(16,17)15-7-3-4-8-18-2/h5-6,9,15H,3-4,7-8,10,14H2,1-2H3. The lowest BCUT2D eigenvalue weighted by atomic mass is 10.1. The molecule has 108 valence electrons. The number of benzene rings is 1. The van der Waals surface area contributed by atoms with E-state index in [-0.39, 0.29) is 4.90 Å². The topological polar surface area (TPSA) is 81.4 Å². The number of unbranched alkanes of at least 4 members (excludes halogenated alkanes) is 1. The summed E-state index contributed by atoms with van der Waals surface area (Å²) in [5.41, 5.74) is 7.44. The third kappa shape index (κ3) is 4.91. The minimum Gasteiger partial charge on any atom is -0.385 e. The molecule has 0 radical (unpaired) electrons. The fourth-order valence-corrected chi connectivity index (χ4v) is 2.82. The Morgan fingerprint density at radius 3 is 2.68 bits per heavy atom. The molecule has 5 nitrogen and oxygen atoms in total. The van der Waals surface area contributed by atoms with Crippen LogP contribution in [0.3, 0.4) is 0 Å². The molecular weight excluding hydrogens is 264 g/mol. The van der Waals surface area contributed by atoms with E-state index >= 15 is 0 Å². The molecule has 0 spiro atoms. The van der Waals surface area contributed by atoms with Crippen molar-refractivity contribution in [2.24, 2.45) is 5.73 Å². The fraction of sp³-hybridized carbons (Fsp3) is 0.538. The average molecular weight is 286 g/mol. The molecule has 0 unspecified atom stereocenters. The van der Waals surface area contributed by atoms with Crippen molar-refractivity contribution in [1.82, 2.24) is 4.72 Å². The van der Waals surface area contributed by atoms with Crippen LogP contribution in [0.2, 0.25) is 0 Å². The average Bonchev–Trinajstić information content (AvgIpc) is 2.38. The summed E-state index contributed by atoms with van der Waals surface area (Å²) in [6.45, 7) is 3.31. The highest BCUT2D eigenvalue weighted by molar-refractivity contribution is 7.89. The van der Waals surface area contributed by atoms with Crippen molar-refractivity contribution in [3.8, 4) is 0 Å². The van der Waals surface area contributed by atoms with Gasteiger partial charge in [-0.3, -0.25) is 0 Å². The molecule has 0 aromatic heterocycles. The maximum atomic E-state index is 12.1. The number of hydrogen-bond donors (Lipinski definition) is 2. The lowest BCUT2D eigenvalue weighted by molar-refractivity contribution is 0.193. The van der Waals surface area contributed by atoms with Crippen LogP contribution in [0.5, 0.6) is 0 Å². The number of nitrogens with two attached hydrogens (primary N) is 1. The van der Waals surface area contributed by atoms with Gasteiger partial charge in [-0.1, -0.05) is 6.07 Å². The predicted octanol–water partition coefficient (Wildman–Crippen LogP) is 1.16. The molecule has 1 rings (SSSR count). The van der Waals surface area contributed by atoms with Crippen LogP contribution in [0, 0.1) is 6.92 Å². The van der Waals surface area contributed by atoms with Crippen LogP contribution in [-0.4, -0.2) is 28.7 Å². The van der Waals surface area contributed by atoms with Crippen LogP contribution in [0.15, 0.2) is 23.1 Å². The third-order valence-electron chi connectivity index (χ3n) is 2.92. The van der Waals surface area contributed by atoms with Crippen molar-refractivity contribution in [2.75, 3.05) is 20.3 Å². The Kier molecular flexibility index (Phi) is 6.44. The van der Waals surface area contributed by atoms with Crippen LogP contribution in [0.1, 0.15) is 24.0 Å². The molecule has 1 aromatic rings. The summed E-state index contributed by atoms with van der Waals surface area (Å²) in [5.74, 6) is 0. The monoisotopic (exact) mass is 286 g/mol. The lowest BCUT2D eigenvalue weighted by Crippen LogP contribution is -2.25. The third-order valence-corrected chi connectivity index (χ3v) is 4.38. The van der Waals surface area contributed by atoms with Gasteiger partial charge in [0.1, 0.15) is 0 Å². The zero-order valence-electron chi connectivity index (χ0n) is 11.5. The first-order valence-electron chi connectivity index (χ1n) is 6.29. The summed E-state index contributed by atoms with van der Waals surface area (Å²) in [6.07, 6.45) is 1.59. The van der Waals surface area contributed by atoms with Crippen molar-refractivity contribution >= 4 is 10.0 Å². The van der Waals surface area contributed by atoms with Gasteiger partial charge >= 0.3 is 0 Å². The van der Waals surface area contributed by atoms with Crippen LogP contribution < -0.4 is 10.5 Å². The van der Waals surface area contributed by atoms with Crippen molar-refractivity contribution in [3.63, 3.8) is 0 Å². The zero-order chi connectivity index (χ0) is 14.3. The Hall–Kier alpha value is -0.950. The number of rotatable bonds is 8. The summed E-state index contributed by atoms with van der Waals surface area (Å²) in [4.78, 5) is 0.269. The van der Waals surface area contributed by atoms with Gasteiger partial charge in [-0.25, -0.2) is 13.1 Å². The van der Waals surface area contributed by atoms with Crippen molar-refractivity contribution in [1.29, 1.82) is 0 Å². The summed E-state index contributed by atoms with van der Waals surface area (Å²) >= 11 is 0. The van der Waals surface area contributed by atoms with E-state index in [0.717, 1.165) is 24.0 Å². The normalized spacial score (nSPS) is 11.7. The number of methoxy groups -OCH3 is 1. The molecule has 1 aromatic carbocycles. The van der Waals surface area contributed by atoms with Gasteiger partial charge in [0.15, 0.2) is 0 Å². The molecule has 0 heterocycles. The maximum Gasteiger partial charge on any atom is 0.240 e. The van der Waals surface area contributed by atoms with E-state index in [2.05, 4.69) is 4.72 Å². The summed E-state index contributed by atoms with van der Waals surface area (Å²) in [5, 5.41) is 0. The molecule has 6 heteroatoms. The fourth-order valence-electron chi connectivity index (χ4n) is 1.70. The number of hydrogen-bond acceptors (Lipinski definition) is 4. The van der Waals surface area contributed by atoms with Crippen LogP contribution in [0.25, 0.3) is 0 Å². The SMILES string of the molecule is COCCCCNS(=O)(=O)c1ccc(C)c(CN)c1. The summed E-state index contributed by atoms with van der Waals surface area (Å²) in [7, 11) is -1.81. The number of ether oxygens (including phenoxy) is 1. The van der Waals surface area contributed by atoms with Crippen LogP contribution in [-0.2, 0) is 21.3 Å². The van der Waals surface area contributed by atoms with Crippen LogP contribution >= 0.6 is 0 Å².